The summed E-state index contributed by atoms with van der Waals surface area (Å²) in [6.45, 7) is 6.19. The number of aliphatic carboxylic acids is 2. The molecule has 0 saturated carbocycles. The lowest BCUT2D eigenvalue weighted by Gasteiger charge is -2.32. The van der Waals surface area contributed by atoms with Gasteiger partial charge in [-0.3, -0.25) is 0 Å². The Morgan fingerprint density at radius 2 is 1.57 bits per heavy atom. The number of carboxylic acid groups (broad SMARTS) is 2. The lowest BCUT2D eigenvalue weighted by molar-refractivity contribution is -0.140. The maximum absolute atomic E-state index is 11.9. The van der Waals surface area contributed by atoms with Crippen molar-refractivity contribution in [3.63, 3.8) is 0 Å². The van der Waals surface area contributed by atoms with Crippen LogP contribution in [0, 0.1) is 5.92 Å². The zero-order valence-corrected chi connectivity index (χ0v) is 12.5. The standard InChI is InChI=1S/C14H21NO6/c1-14(2,3)21-13(20)15-6-4-9(5-7-15)8-10(11(16)17)12(18)19/h8-9H,4-7H2,1-3H3,(H,16,17)(H,18,19). The molecule has 0 aliphatic carbocycles. The number of nitrogens with zero attached hydrogens (tertiary/aromatic N) is 1. The van der Waals surface area contributed by atoms with Crippen molar-refractivity contribution in [3.8, 4) is 0 Å². The molecule has 0 aromatic rings. The molecule has 2 N–H and O–H groups in total. The lowest BCUT2D eigenvalue weighted by Crippen LogP contribution is -2.41. The third kappa shape index (κ3) is 5.45. The zero-order valence-electron chi connectivity index (χ0n) is 12.5. The molecule has 1 amide bonds. The monoisotopic (exact) mass is 299 g/mol. The normalized spacial score (nSPS) is 16.2. The van der Waals surface area contributed by atoms with E-state index in [0.717, 1.165) is 0 Å². The van der Waals surface area contributed by atoms with E-state index in [1.54, 1.807) is 25.7 Å². The number of hydrogen-bond donors (Lipinski definition) is 2. The van der Waals surface area contributed by atoms with Crippen molar-refractivity contribution in [2.45, 2.75) is 39.2 Å². The molecule has 1 aliphatic rings. The molecule has 1 rings (SSSR count). The fourth-order valence-electron chi connectivity index (χ4n) is 2.04. The Hall–Kier alpha value is -2.05. The number of rotatable bonds is 3. The zero-order chi connectivity index (χ0) is 16.2. The highest BCUT2D eigenvalue weighted by Crippen LogP contribution is 2.22. The van der Waals surface area contributed by atoms with Gasteiger partial charge in [-0.15, -0.1) is 0 Å². The fourth-order valence-corrected chi connectivity index (χ4v) is 2.04. The minimum absolute atomic E-state index is 0.161. The lowest BCUT2D eigenvalue weighted by atomic mass is 9.94. The summed E-state index contributed by atoms with van der Waals surface area (Å²) in [7, 11) is 0. The molecule has 1 aliphatic heterocycles. The van der Waals surface area contributed by atoms with E-state index in [1.807, 2.05) is 0 Å². The van der Waals surface area contributed by atoms with Crippen LogP contribution in [0.5, 0.6) is 0 Å². The second-order valence-corrected chi connectivity index (χ2v) is 6.00. The number of carbonyl (C=O) groups is 3. The minimum atomic E-state index is -1.45. The van der Waals surface area contributed by atoms with Gasteiger partial charge in [0.05, 0.1) is 0 Å². The summed E-state index contributed by atoms with van der Waals surface area (Å²) >= 11 is 0. The topological polar surface area (TPSA) is 104 Å². The summed E-state index contributed by atoms with van der Waals surface area (Å²) in [4.78, 5) is 35.0. The maximum Gasteiger partial charge on any atom is 0.410 e. The molecule has 7 heteroatoms. The first kappa shape index (κ1) is 17.0. The molecule has 1 fully saturated rings. The van der Waals surface area contributed by atoms with Gasteiger partial charge in [0, 0.05) is 13.1 Å². The van der Waals surface area contributed by atoms with Gasteiger partial charge in [0.25, 0.3) is 0 Å². The summed E-state index contributed by atoms with van der Waals surface area (Å²) < 4.78 is 5.25. The van der Waals surface area contributed by atoms with E-state index in [2.05, 4.69) is 0 Å². The van der Waals surface area contributed by atoms with Gasteiger partial charge in [-0.05, 0) is 39.5 Å². The summed E-state index contributed by atoms with van der Waals surface area (Å²) in [5, 5.41) is 17.6. The van der Waals surface area contributed by atoms with Crippen LogP contribution in [0.3, 0.4) is 0 Å². The second kappa shape index (κ2) is 6.60. The Morgan fingerprint density at radius 3 is 1.95 bits per heavy atom. The van der Waals surface area contributed by atoms with Crippen LogP contribution in [-0.2, 0) is 14.3 Å². The molecule has 0 spiro atoms. The van der Waals surface area contributed by atoms with Gasteiger partial charge < -0.3 is 19.8 Å². The predicted molar refractivity (Wildman–Crippen MR) is 73.9 cm³/mol. The number of ether oxygens (including phenoxy) is 1. The average molecular weight is 299 g/mol. The number of carbonyl (C=O) groups excluding carboxylic acids is 1. The number of likely N-dealkylation sites (tertiary alicyclic amines) is 1. The molecule has 21 heavy (non-hydrogen) atoms. The highest BCUT2D eigenvalue weighted by molar-refractivity contribution is 6.12. The first-order chi connectivity index (χ1) is 9.60. The molecular formula is C14H21NO6. The van der Waals surface area contributed by atoms with Crippen LogP contribution in [0.4, 0.5) is 4.79 Å². The van der Waals surface area contributed by atoms with E-state index in [0.29, 0.717) is 25.9 Å². The van der Waals surface area contributed by atoms with Crippen LogP contribution >= 0.6 is 0 Å². The molecule has 1 heterocycles. The molecule has 0 aromatic carbocycles. The number of piperidine rings is 1. The van der Waals surface area contributed by atoms with E-state index >= 15 is 0 Å². The van der Waals surface area contributed by atoms with E-state index < -0.39 is 29.2 Å². The largest absolute Gasteiger partial charge is 0.477 e. The van der Waals surface area contributed by atoms with Gasteiger partial charge in [-0.1, -0.05) is 6.08 Å². The fraction of sp³-hybridized carbons (Fsp3) is 0.643. The van der Waals surface area contributed by atoms with E-state index in [-0.39, 0.29) is 5.92 Å². The van der Waals surface area contributed by atoms with Crippen molar-refractivity contribution in [1.29, 1.82) is 0 Å². The third-order valence-corrected chi connectivity index (χ3v) is 3.05. The Bertz CT molecular complexity index is 439. The van der Waals surface area contributed by atoms with Crippen LogP contribution in [0.1, 0.15) is 33.6 Å². The highest BCUT2D eigenvalue weighted by atomic mass is 16.6. The van der Waals surface area contributed by atoms with E-state index in [9.17, 15) is 14.4 Å². The quantitative estimate of drug-likeness (QED) is 0.467. The number of allylic oxidation sites excluding steroid dienone is 1. The second-order valence-electron chi connectivity index (χ2n) is 6.00. The van der Waals surface area contributed by atoms with Crippen molar-refractivity contribution in [3.05, 3.63) is 11.6 Å². The molecule has 1 saturated heterocycles. The van der Waals surface area contributed by atoms with Crippen LogP contribution in [-0.4, -0.2) is 51.8 Å². The first-order valence-corrected chi connectivity index (χ1v) is 6.76. The van der Waals surface area contributed by atoms with Crippen molar-refractivity contribution in [2.75, 3.05) is 13.1 Å². The number of carboxylic acids is 2. The Morgan fingerprint density at radius 1 is 1.10 bits per heavy atom. The SMILES string of the molecule is CC(C)(C)OC(=O)N1CCC(C=C(C(=O)O)C(=O)O)CC1. The number of amides is 1. The molecule has 0 aromatic heterocycles. The van der Waals surface area contributed by atoms with E-state index in [4.69, 9.17) is 14.9 Å². The molecule has 0 radical (unpaired) electrons. The number of hydrogen-bond acceptors (Lipinski definition) is 4. The molecule has 7 nitrogen and oxygen atoms in total. The van der Waals surface area contributed by atoms with Crippen LogP contribution in [0.15, 0.2) is 11.6 Å². The first-order valence-electron chi connectivity index (χ1n) is 6.76. The van der Waals surface area contributed by atoms with Gasteiger partial charge in [-0.2, -0.15) is 0 Å². The van der Waals surface area contributed by atoms with Gasteiger partial charge in [0.2, 0.25) is 0 Å². The van der Waals surface area contributed by atoms with Crippen LogP contribution in [0.2, 0.25) is 0 Å². The molecule has 0 atom stereocenters. The summed E-state index contributed by atoms with van der Waals surface area (Å²) in [6.07, 6.45) is 1.89. The summed E-state index contributed by atoms with van der Waals surface area (Å²) in [5.41, 5.74) is -1.18. The average Bonchev–Trinajstić information content (AvgIpc) is 2.33. The van der Waals surface area contributed by atoms with E-state index in [1.165, 1.54) is 6.08 Å². The Labute approximate surface area is 123 Å². The summed E-state index contributed by atoms with van der Waals surface area (Å²) in [6, 6.07) is 0. The molecule has 118 valence electrons. The van der Waals surface area contributed by atoms with Gasteiger partial charge >= 0.3 is 18.0 Å². The Balaban J connectivity index is 2.60. The Kier molecular flexibility index (Phi) is 5.34. The van der Waals surface area contributed by atoms with Crippen molar-refractivity contribution >= 4 is 18.0 Å². The maximum atomic E-state index is 11.9. The third-order valence-electron chi connectivity index (χ3n) is 3.05. The summed E-state index contributed by atoms with van der Waals surface area (Å²) in [5.74, 6) is -3.06. The molecule has 0 bridgehead atoms. The highest BCUT2D eigenvalue weighted by Gasteiger charge is 2.27. The van der Waals surface area contributed by atoms with Crippen molar-refractivity contribution in [2.24, 2.45) is 5.92 Å². The van der Waals surface area contributed by atoms with Crippen molar-refractivity contribution in [1.82, 2.24) is 4.90 Å². The van der Waals surface area contributed by atoms with Crippen LogP contribution < -0.4 is 0 Å². The van der Waals surface area contributed by atoms with Crippen molar-refractivity contribution < 1.29 is 29.3 Å². The smallest absolute Gasteiger partial charge is 0.410 e. The van der Waals surface area contributed by atoms with Gasteiger partial charge in [0.15, 0.2) is 0 Å². The molecular weight excluding hydrogens is 278 g/mol. The van der Waals surface area contributed by atoms with Crippen LogP contribution in [0.25, 0.3) is 0 Å². The predicted octanol–water partition coefficient (Wildman–Crippen LogP) is 1.73. The van der Waals surface area contributed by atoms with Gasteiger partial charge in [-0.25, -0.2) is 14.4 Å². The van der Waals surface area contributed by atoms with Gasteiger partial charge in [0.1, 0.15) is 11.2 Å². The molecule has 0 unspecified atom stereocenters. The minimum Gasteiger partial charge on any atom is -0.477 e.